The van der Waals surface area contributed by atoms with Crippen LogP contribution in [0.4, 0.5) is 14.5 Å². The Balaban J connectivity index is 2.26. The van der Waals surface area contributed by atoms with Crippen molar-refractivity contribution in [1.82, 2.24) is 0 Å². The van der Waals surface area contributed by atoms with E-state index in [1.54, 1.807) is 18.2 Å². The lowest BCUT2D eigenvalue weighted by Gasteiger charge is -2.10. The number of anilines is 1. The number of hydrogen-bond acceptors (Lipinski definition) is 1. The highest BCUT2D eigenvalue weighted by Gasteiger charge is 2.17. The van der Waals surface area contributed by atoms with Crippen molar-refractivity contribution in [2.24, 2.45) is 0 Å². The summed E-state index contributed by atoms with van der Waals surface area (Å²) in [6.07, 6.45) is 0. The molecule has 2 aromatic carbocycles. The van der Waals surface area contributed by atoms with Crippen LogP contribution in [0.5, 0.6) is 0 Å². The third-order valence-electron chi connectivity index (χ3n) is 3.00. The normalized spacial score (nSPS) is 10.7. The number of rotatable bonds is 3. The Kier molecular flexibility index (Phi) is 4.13. The van der Waals surface area contributed by atoms with E-state index in [9.17, 15) is 13.6 Å². The van der Waals surface area contributed by atoms with Gasteiger partial charge in [-0.3, -0.25) is 4.79 Å². The highest BCUT2D eigenvalue weighted by molar-refractivity contribution is 6.04. The quantitative estimate of drug-likeness (QED) is 0.887. The van der Waals surface area contributed by atoms with Crippen molar-refractivity contribution in [3.63, 3.8) is 0 Å². The molecule has 0 bridgehead atoms. The van der Waals surface area contributed by atoms with Crippen LogP contribution >= 0.6 is 0 Å². The van der Waals surface area contributed by atoms with Crippen LogP contribution in [0.1, 0.15) is 35.7 Å². The average Bonchev–Trinajstić information content (AvgIpc) is 2.38. The van der Waals surface area contributed by atoms with Crippen molar-refractivity contribution in [3.05, 3.63) is 65.2 Å². The van der Waals surface area contributed by atoms with Gasteiger partial charge in [-0.05, 0) is 35.7 Å². The molecule has 0 spiro atoms. The number of hydrogen-bond donors (Lipinski definition) is 1. The van der Waals surface area contributed by atoms with Gasteiger partial charge in [0.1, 0.15) is 17.2 Å². The molecule has 1 amide bonds. The second-order valence-electron chi connectivity index (χ2n) is 4.83. The smallest absolute Gasteiger partial charge is 0.261 e. The van der Waals surface area contributed by atoms with E-state index in [0.29, 0.717) is 11.6 Å². The minimum Gasteiger partial charge on any atom is -0.322 e. The van der Waals surface area contributed by atoms with Gasteiger partial charge in [0.15, 0.2) is 0 Å². The Bertz CT molecular complexity index is 618. The maximum Gasteiger partial charge on any atom is 0.261 e. The van der Waals surface area contributed by atoms with Crippen LogP contribution < -0.4 is 5.32 Å². The highest BCUT2D eigenvalue weighted by atomic mass is 19.1. The molecule has 0 aliphatic rings. The molecule has 104 valence electrons. The largest absolute Gasteiger partial charge is 0.322 e. The first-order valence-corrected chi connectivity index (χ1v) is 6.34. The molecule has 0 saturated carbocycles. The zero-order valence-electron chi connectivity index (χ0n) is 11.3. The molecular formula is C16H15F2NO. The van der Waals surface area contributed by atoms with E-state index in [4.69, 9.17) is 0 Å². The zero-order valence-corrected chi connectivity index (χ0v) is 11.3. The lowest BCUT2D eigenvalue weighted by atomic mass is 10.0. The van der Waals surface area contributed by atoms with Crippen LogP contribution in [0, 0.1) is 11.6 Å². The van der Waals surface area contributed by atoms with Crippen molar-refractivity contribution in [1.29, 1.82) is 0 Å². The molecule has 2 nitrogen and oxygen atoms in total. The highest BCUT2D eigenvalue weighted by Crippen LogP contribution is 2.20. The van der Waals surface area contributed by atoms with Crippen LogP contribution in [-0.4, -0.2) is 5.91 Å². The molecule has 0 heterocycles. The summed E-state index contributed by atoms with van der Waals surface area (Å²) in [5.74, 6) is -2.23. The van der Waals surface area contributed by atoms with E-state index in [-0.39, 0.29) is 0 Å². The van der Waals surface area contributed by atoms with Gasteiger partial charge in [-0.1, -0.05) is 32.0 Å². The first-order valence-electron chi connectivity index (χ1n) is 6.34. The topological polar surface area (TPSA) is 29.1 Å². The second-order valence-corrected chi connectivity index (χ2v) is 4.83. The van der Waals surface area contributed by atoms with E-state index in [0.717, 1.165) is 17.7 Å². The summed E-state index contributed by atoms with van der Waals surface area (Å²) < 4.78 is 27.0. The maximum atomic E-state index is 13.5. The number of benzene rings is 2. The van der Waals surface area contributed by atoms with E-state index >= 15 is 0 Å². The van der Waals surface area contributed by atoms with Crippen LogP contribution in [0.3, 0.4) is 0 Å². The Morgan fingerprint density at radius 3 is 2.25 bits per heavy atom. The summed E-state index contributed by atoms with van der Waals surface area (Å²) in [5.41, 5.74) is 0.989. The summed E-state index contributed by atoms with van der Waals surface area (Å²) in [5, 5.41) is 2.52. The summed E-state index contributed by atoms with van der Waals surface area (Å²) >= 11 is 0. The molecule has 0 saturated heterocycles. The monoisotopic (exact) mass is 275 g/mol. The summed E-state index contributed by atoms with van der Waals surface area (Å²) in [6, 6.07) is 10.5. The number of amides is 1. The van der Waals surface area contributed by atoms with Crippen LogP contribution in [-0.2, 0) is 0 Å². The van der Waals surface area contributed by atoms with Crippen molar-refractivity contribution in [2.45, 2.75) is 19.8 Å². The molecule has 0 unspecified atom stereocenters. The van der Waals surface area contributed by atoms with Gasteiger partial charge in [0.2, 0.25) is 0 Å². The SMILES string of the molecule is CC(C)c1cccc(NC(=O)c2c(F)cccc2F)c1. The van der Waals surface area contributed by atoms with Gasteiger partial charge in [-0.2, -0.15) is 0 Å². The fraction of sp³-hybridized carbons (Fsp3) is 0.188. The van der Waals surface area contributed by atoms with Gasteiger partial charge in [0.05, 0.1) is 0 Å². The minimum absolute atomic E-state index is 0.303. The van der Waals surface area contributed by atoms with Crippen molar-refractivity contribution >= 4 is 11.6 Å². The van der Waals surface area contributed by atoms with E-state index < -0.39 is 23.1 Å². The zero-order chi connectivity index (χ0) is 14.7. The average molecular weight is 275 g/mol. The molecule has 0 atom stereocenters. The molecule has 1 N–H and O–H groups in total. The number of carbonyl (C=O) groups is 1. The maximum absolute atomic E-state index is 13.5. The van der Waals surface area contributed by atoms with Gasteiger partial charge in [-0.15, -0.1) is 0 Å². The first kappa shape index (κ1) is 14.2. The molecule has 0 aliphatic heterocycles. The standard InChI is InChI=1S/C16H15F2NO/c1-10(2)11-5-3-6-12(9-11)19-16(20)15-13(17)7-4-8-14(15)18/h3-10H,1-2H3,(H,19,20). The Hall–Kier alpha value is -2.23. The second kappa shape index (κ2) is 5.82. The van der Waals surface area contributed by atoms with Crippen LogP contribution in [0.15, 0.2) is 42.5 Å². The number of halogens is 2. The molecular weight excluding hydrogens is 260 g/mol. The molecule has 0 aromatic heterocycles. The molecule has 20 heavy (non-hydrogen) atoms. The molecule has 4 heteroatoms. The van der Waals surface area contributed by atoms with Gasteiger partial charge in [0.25, 0.3) is 5.91 Å². The molecule has 0 fully saturated rings. The first-order chi connectivity index (χ1) is 9.49. The van der Waals surface area contributed by atoms with Gasteiger partial charge >= 0.3 is 0 Å². The van der Waals surface area contributed by atoms with E-state index in [2.05, 4.69) is 5.32 Å². The minimum atomic E-state index is -0.873. The fourth-order valence-corrected chi connectivity index (χ4v) is 1.88. The molecule has 2 aromatic rings. The van der Waals surface area contributed by atoms with E-state index in [1.165, 1.54) is 6.07 Å². The third kappa shape index (κ3) is 3.02. The van der Waals surface area contributed by atoms with Crippen LogP contribution in [0.2, 0.25) is 0 Å². The molecule has 0 radical (unpaired) electrons. The van der Waals surface area contributed by atoms with E-state index in [1.807, 2.05) is 19.9 Å². The predicted octanol–water partition coefficient (Wildman–Crippen LogP) is 4.34. The summed E-state index contributed by atoms with van der Waals surface area (Å²) in [7, 11) is 0. The fourth-order valence-electron chi connectivity index (χ4n) is 1.88. The summed E-state index contributed by atoms with van der Waals surface area (Å²) in [6.45, 7) is 4.05. The van der Waals surface area contributed by atoms with Gasteiger partial charge in [-0.25, -0.2) is 8.78 Å². The van der Waals surface area contributed by atoms with Gasteiger partial charge in [0, 0.05) is 5.69 Å². The molecule has 0 aliphatic carbocycles. The molecule has 2 rings (SSSR count). The van der Waals surface area contributed by atoms with Crippen LogP contribution in [0.25, 0.3) is 0 Å². The number of nitrogens with one attached hydrogen (secondary N) is 1. The predicted molar refractivity (Wildman–Crippen MR) is 74.8 cm³/mol. The lowest BCUT2D eigenvalue weighted by Crippen LogP contribution is -2.15. The lowest BCUT2D eigenvalue weighted by molar-refractivity contribution is 0.101. The van der Waals surface area contributed by atoms with Gasteiger partial charge < -0.3 is 5.32 Å². The van der Waals surface area contributed by atoms with Crippen molar-refractivity contribution in [2.75, 3.05) is 5.32 Å². The summed E-state index contributed by atoms with van der Waals surface area (Å²) in [4.78, 5) is 11.9. The third-order valence-corrected chi connectivity index (χ3v) is 3.00. The Labute approximate surface area is 116 Å². The Morgan fingerprint density at radius 1 is 1.05 bits per heavy atom. The van der Waals surface area contributed by atoms with Crippen molar-refractivity contribution < 1.29 is 13.6 Å². The van der Waals surface area contributed by atoms with Crippen molar-refractivity contribution in [3.8, 4) is 0 Å². The Morgan fingerprint density at radius 2 is 1.65 bits per heavy atom. The number of carbonyl (C=O) groups excluding carboxylic acids is 1.